The van der Waals surface area contributed by atoms with Gasteiger partial charge < -0.3 is 9.15 Å². The maximum atomic E-state index is 5.65. The standard InChI is InChI=1S/C14H16ClNO2/c1-2-8-17-12-5-3-4-11(9-12)13-10-16-14(18-13)6-7-15/h3-5,9-10H,2,6-8H2,1H3. The maximum Gasteiger partial charge on any atom is 0.196 e. The van der Waals surface area contributed by atoms with Gasteiger partial charge in [-0.15, -0.1) is 11.6 Å². The van der Waals surface area contributed by atoms with Gasteiger partial charge in [-0.3, -0.25) is 0 Å². The average molecular weight is 266 g/mol. The second-order valence-corrected chi connectivity index (χ2v) is 4.31. The topological polar surface area (TPSA) is 35.3 Å². The van der Waals surface area contributed by atoms with Crippen LogP contribution < -0.4 is 4.74 Å². The molecule has 2 rings (SSSR count). The van der Waals surface area contributed by atoms with E-state index in [1.54, 1.807) is 6.20 Å². The number of benzene rings is 1. The van der Waals surface area contributed by atoms with E-state index in [0.717, 1.165) is 30.1 Å². The zero-order valence-electron chi connectivity index (χ0n) is 10.4. The fourth-order valence-corrected chi connectivity index (χ4v) is 1.76. The Hall–Kier alpha value is -1.48. The summed E-state index contributed by atoms with van der Waals surface area (Å²) >= 11 is 5.65. The molecule has 0 amide bonds. The molecule has 1 heterocycles. The Morgan fingerprint density at radius 2 is 2.28 bits per heavy atom. The molecule has 0 aliphatic carbocycles. The second-order valence-electron chi connectivity index (χ2n) is 3.93. The van der Waals surface area contributed by atoms with Gasteiger partial charge in [-0.25, -0.2) is 4.98 Å². The Morgan fingerprint density at radius 1 is 1.39 bits per heavy atom. The van der Waals surface area contributed by atoms with Crippen LogP contribution in [0.25, 0.3) is 11.3 Å². The van der Waals surface area contributed by atoms with Crippen molar-refractivity contribution in [3.63, 3.8) is 0 Å². The first kappa shape index (κ1) is 13.0. The fourth-order valence-electron chi connectivity index (χ4n) is 1.60. The molecule has 2 aromatic rings. The van der Waals surface area contributed by atoms with Crippen molar-refractivity contribution in [1.29, 1.82) is 0 Å². The van der Waals surface area contributed by atoms with E-state index in [2.05, 4.69) is 11.9 Å². The summed E-state index contributed by atoms with van der Waals surface area (Å²) in [6, 6.07) is 7.82. The molecule has 0 atom stereocenters. The molecule has 0 radical (unpaired) electrons. The van der Waals surface area contributed by atoms with Crippen LogP contribution in [0.15, 0.2) is 34.9 Å². The normalized spacial score (nSPS) is 10.6. The molecular weight excluding hydrogens is 250 g/mol. The van der Waals surface area contributed by atoms with Crippen LogP contribution in [0.4, 0.5) is 0 Å². The van der Waals surface area contributed by atoms with E-state index < -0.39 is 0 Å². The predicted molar refractivity (Wildman–Crippen MR) is 72.1 cm³/mol. The van der Waals surface area contributed by atoms with Gasteiger partial charge in [-0.2, -0.15) is 0 Å². The van der Waals surface area contributed by atoms with Crippen molar-refractivity contribution in [3.05, 3.63) is 36.4 Å². The number of halogens is 1. The molecule has 0 N–H and O–H groups in total. The van der Waals surface area contributed by atoms with Gasteiger partial charge in [0.15, 0.2) is 11.7 Å². The van der Waals surface area contributed by atoms with E-state index >= 15 is 0 Å². The van der Waals surface area contributed by atoms with Crippen LogP contribution in [0.3, 0.4) is 0 Å². The van der Waals surface area contributed by atoms with Gasteiger partial charge in [0.05, 0.1) is 12.8 Å². The van der Waals surface area contributed by atoms with E-state index in [0.29, 0.717) is 18.2 Å². The number of aryl methyl sites for hydroxylation is 1. The molecule has 1 aromatic carbocycles. The van der Waals surface area contributed by atoms with Crippen molar-refractivity contribution < 1.29 is 9.15 Å². The Balaban J connectivity index is 2.15. The molecule has 4 heteroatoms. The van der Waals surface area contributed by atoms with E-state index in [4.69, 9.17) is 20.8 Å². The predicted octanol–water partition coefficient (Wildman–Crippen LogP) is 3.91. The molecular formula is C14H16ClNO2. The van der Waals surface area contributed by atoms with Gasteiger partial charge in [0.1, 0.15) is 5.75 Å². The Bertz CT molecular complexity index is 496. The third-order valence-electron chi connectivity index (χ3n) is 2.45. The Labute approximate surface area is 112 Å². The molecule has 18 heavy (non-hydrogen) atoms. The number of nitrogens with zero attached hydrogens (tertiary/aromatic N) is 1. The molecule has 3 nitrogen and oxygen atoms in total. The lowest BCUT2D eigenvalue weighted by atomic mass is 10.2. The maximum absolute atomic E-state index is 5.65. The number of aromatic nitrogens is 1. The lowest BCUT2D eigenvalue weighted by molar-refractivity contribution is 0.317. The molecule has 0 spiro atoms. The van der Waals surface area contributed by atoms with Crippen LogP contribution in [-0.4, -0.2) is 17.5 Å². The van der Waals surface area contributed by atoms with Crippen LogP contribution >= 0.6 is 11.6 Å². The highest BCUT2D eigenvalue weighted by Crippen LogP contribution is 2.24. The van der Waals surface area contributed by atoms with E-state index in [1.807, 2.05) is 24.3 Å². The summed E-state index contributed by atoms with van der Waals surface area (Å²) in [5, 5.41) is 0. The van der Waals surface area contributed by atoms with Crippen LogP contribution in [0.5, 0.6) is 5.75 Å². The van der Waals surface area contributed by atoms with Gasteiger partial charge >= 0.3 is 0 Å². The van der Waals surface area contributed by atoms with Gasteiger partial charge in [0, 0.05) is 17.9 Å². The zero-order valence-corrected chi connectivity index (χ0v) is 11.1. The summed E-state index contributed by atoms with van der Waals surface area (Å²) in [7, 11) is 0. The number of oxazole rings is 1. The quantitative estimate of drug-likeness (QED) is 0.743. The molecule has 0 bridgehead atoms. The number of ether oxygens (including phenoxy) is 1. The third kappa shape index (κ3) is 3.26. The summed E-state index contributed by atoms with van der Waals surface area (Å²) in [6.07, 6.45) is 3.36. The van der Waals surface area contributed by atoms with Crippen molar-refractivity contribution in [2.75, 3.05) is 12.5 Å². The lowest BCUT2D eigenvalue weighted by Gasteiger charge is -2.05. The van der Waals surface area contributed by atoms with Crippen LogP contribution in [0.2, 0.25) is 0 Å². The van der Waals surface area contributed by atoms with Crippen LogP contribution in [-0.2, 0) is 6.42 Å². The zero-order chi connectivity index (χ0) is 12.8. The number of rotatable bonds is 6. The molecule has 1 aromatic heterocycles. The molecule has 96 valence electrons. The lowest BCUT2D eigenvalue weighted by Crippen LogP contribution is -1.94. The molecule has 0 saturated heterocycles. The molecule has 0 unspecified atom stereocenters. The van der Waals surface area contributed by atoms with Gasteiger partial charge in [0.25, 0.3) is 0 Å². The smallest absolute Gasteiger partial charge is 0.196 e. The van der Waals surface area contributed by atoms with Crippen molar-refractivity contribution in [1.82, 2.24) is 4.98 Å². The van der Waals surface area contributed by atoms with Gasteiger partial charge in [0.2, 0.25) is 0 Å². The summed E-state index contributed by atoms with van der Waals surface area (Å²) < 4.78 is 11.2. The summed E-state index contributed by atoms with van der Waals surface area (Å²) in [4.78, 5) is 4.18. The van der Waals surface area contributed by atoms with E-state index in [9.17, 15) is 0 Å². The SMILES string of the molecule is CCCOc1cccc(-c2cnc(CCCl)o2)c1. The Morgan fingerprint density at radius 3 is 3.06 bits per heavy atom. The highest BCUT2D eigenvalue weighted by molar-refractivity contribution is 6.17. The third-order valence-corrected chi connectivity index (χ3v) is 2.64. The largest absolute Gasteiger partial charge is 0.494 e. The minimum Gasteiger partial charge on any atom is -0.494 e. The molecule has 0 saturated carbocycles. The number of hydrogen-bond acceptors (Lipinski definition) is 3. The first-order chi connectivity index (χ1) is 8.83. The van der Waals surface area contributed by atoms with Crippen LogP contribution in [0.1, 0.15) is 19.2 Å². The molecule has 0 aliphatic rings. The van der Waals surface area contributed by atoms with Gasteiger partial charge in [-0.1, -0.05) is 19.1 Å². The summed E-state index contributed by atoms with van der Waals surface area (Å²) in [6.45, 7) is 2.80. The van der Waals surface area contributed by atoms with E-state index in [-0.39, 0.29) is 0 Å². The average Bonchev–Trinajstić information content (AvgIpc) is 2.86. The highest BCUT2D eigenvalue weighted by Gasteiger charge is 2.06. The fraction of sp³-hybridized carbons (Fsp3) is 0.357. The van der Waals surface area contributed by atoms with Crippen molar-refractivity contribution in [2.24, 2.45) is 0 Å². The summed E-state index contributed by atoms with van der Waals surface area (Å²) in [5.74, 6) is 2.78. The second kappa shape index (κ2) is 6.45. The first-order valence-corrected chi connectivity index (χ1v) is 6.61. The van der Waals surface area contributed by atoms with Gasteiger partial charge in [-0.05, 0) is 18.6 Å². The Kier molecular flexibility index (Phi) is 4.65. The van der Waals surface area contributed by atoms with Crippen LogP contribution in [0, 0.1) is 0 Å². The highest BCUT2D eigenvalue weighted by atomic mass is 35.5. The van der Waals surface area contributed by atoms with Crippen molar-refractivity contribution in [3.8, 4) is 17.1 Å². The molecule has 0 fully saturated rings. The van der Waals surface area contributed by atoms with Crippen molar-refractivity contribution in [2.45, 2.75) is 19.8 Å². The first-order valence-electron chi connectivity index (χ1n) is 6.07. The van der Waals surface area contributed by atoms with Crippen molar-refractivity contribution >= 4 is 11.6 Å². The minimum atomic E-state index is 0.513. The number of alkyl halides is 1. The molecule has 0 aliphatic heterocycles. The monoisotopic (exact) mass is 265 g/mol. The van der Waals surface area contributed by atoms with E-state index in [1.165, 1.54) is 0 Å². The minimum absolute atomic E-state index is 0.513. The number of hydrogen-bond donors (Lipinski definition) is 0. The summed E-state index contributed by atoms with van der Waals surface area (Å²) in [5.41, 5.74) is 0.969.